The van der Waals surface area contributed by atoms with Gasteiger partial charge in [0, 0.05) is 17.1 Å². The second kappa shape index (κ2) is 8.11. The van der Waals surface area contributed by atoms with Gasteiger partial charge in [-0.15, -0.1) is 0 Å². The van der Waals surface area contributed by atoms with Crippen LogP contribution in [0, 0.1) is 0 Å². The highest BCUT2D eigenvalue weighted by molar-refractivity contribution is 9.10. The summed E-state index contributed by atoms with van der Waals surface area (Å²) in [6, 6.07) is 6.93. The number of halogens is 1. The highest BCUT2D eigenvalue weighted by Gasteiger charge is 2.34. The van der Waals surface area contributed by atoms with E-state index in [1.807, 2.05) is 12.1 Å². The van der Waals surface area contributed by atoms with Crippen molar-refractivity contribution in [2.75, 3.05) is 24.7 Å². The van der Waals surface area contributed by atoms with E-state index in [0.717, 1.165) is 10.0 Å². The van der Waals surface area contributed by atoms with Gasteiger partial charge in [0.25, 0.3) is 5.91 Å². The van der Waals surface area contributed by atoms with Crippen LogP contribution in [0.2, 0.25) is 0 Å². The summed E-state index contributed by atoms with van der Waals surface area (Å²) in [4.78, 5) is 25.5. The SMILES string of the molecule is CCN(C(=O)COC(=O)Cc1ccc(Br)cc1)[C@@H]1CCS(=O)(=O)C1. The first kappa shape index (κ1) is 18.9. The number of likely N-dealkylation sites (N-methyl/N-ethyl adjacent to an activating group) is 1. The fraction of sp³-hybridized carbons (Fsp3) is 0.500. The van der Waals surface area contributed by atoms with Crippen LogP contribution in [0.15, 0.2) is 28.7 Å². The van der Waals surface area contributed by atoms with E-state index in [0.29, 0.717) is 13.0 Å². The first-order valence-electron chi connectivity index (χ1n) is 7.70. The zero-order chi connectivity index (χ0) is 17.7. The molecule has 1 aliphatic heterocycles. The van der Waals surface area contributed by atoms with Crippen molar-refractivity contribution in [2.45, 2.75) is 25.8 Å². The van der Waals surface area contributed by atoms with E-state index in [-0.39, 0.29) is 36.5 Å². The molecule has 0 radical (unpaired) electrons. The zero-order valence-corrected chi connectivity index (χ0v) is 15.8. The number of rotatable bonds is 6. The van der Waals surface area contributed by atoms with Gasteiger partial charge in [0.1, 0.15) is 0 Å². The van der Waals surface area contributed by atoms with Gasteiger partial charge in [0.05, 0.1) is 17.9 Å². The molecule has 6 nitrogen and oxygen atoms in total. The van der Waals surface area contributed by atoms with E-state index in [9.17, 15) is 18.0 Å². The topological polar surface area (TPSA) is 80.8 Å². The molecule has 24 heavy (non-hydrogen) atoms. The van der Waals surface area contributed by atoms with Crippen molar-refractivity contribution >= 4 is 37.6 Å². The van der Waals surface area contributed by atoms with Crippen molar-refractivity contribution in [2.24, 2.45) is 0 Å². The average molecular weight is 418 g/mol. The maximum Gasteiger partial charge on any atom is 0.310 e. The van der Waals surface area contributed by atoms with Crippen molar-refractivity contribution in [3.05, 3.63) is 34.3 Å². The van der Waals surface area contributed by atoms with Crippen LogP contribution in [0.1, 0.15) is 18.9 Å². The van der Waals surface area contributed by atoms with Gasteiger partial charge >= 0.3 is 5.97 Å². The van der Waals surface area contributed by atoms with Crippen LogP contribution in [0.25, 0.3) is 0 Å². The Hall–Kier alpha value is -1.41. The predicted octanol–water partition coefficient (Wildman–Crippen LogP) is 1.57. The lowest BCUT2D eigenvalue weighted by atomic mass is 10.2. The molecule has 1 aromatic rings. The normalized spacial score (nSPS) is 19.0. The van der Waals surface area contributed by atoms with Crippen molar-refractivity contribution in [3.63, 3.8) is 0 Å². The molecule has 0 aliphatic carbocycles. The lowest BCUT2D eigenvalue weighted by Gasteiger charge is -2.26. The third-order valence-electron chi connectivity index (χ3n) is 3.93. The first-order valence-corrected chi connectivity index (χ1v) is 10.3. The van der Waals surface area contributed by atoms with E-state index in [1.54, 1.807) is 19.1 Å². The third kappa shape index (κ3) is 5.31. The summed E-state index contributed by atoms with van der Waals surface area (Å²) in [5.74, 6) is -0.756. The molecule has 1 amide bonds. The summed E-state index contributed by atoms with van der Waals surface area (Å²) in [7, 11) is -3.07. The molecular formula is C16H20BrNO5S. The van der Waals surface area contributed by atoms with Crippen molar-refractivity contribution < 1.29 is 22.7 Å². The molecule has 0 aromatic heterocycles. The molecule has 0 bridgehead atoms. The number of hydrogen-bond donors (Lipinski definition) is 0. The number of ether oxygens (including phenoxy) is 1. The summed E-state index contributed by atoms with van der Waals surface area (Å²) in [5.41, 5.74) is 0.796. The fourth-order valence-corrected chi connectivity index (χ4v) is 4.70. The Labute approximate surface area is 150 Å². The van der Waals surface area contributed by atoms with Gasteiger partial charge in [0.15, 0.2) is 16.4 Å². The molecule has 132 valence electrons. The molecule has 0 unspecified atom stereocenters. The quantitative estimate of drug-likeness (QED) is 0.656. The molecule has 1 heterocycles. The van der Waals surface area contributed by atoms with Crippen molar-refractivity contribution in [1.29, 1.82) is 0 Å². The van der Waals surface area contributed by atoms with E-state index in [1.165, 1.54) is 4.90 Å². The van der Waals surface area contributed by atoms with Crippen LogP contribution >= 0.6 is 15.9 Å². The molecule has 1 atom stereocenters. The number of sulfone groups is 1. The second-order valence-corrected chi connectivity index (χ2v) is 8.84. The number of esters is 1. The largest absolute Gasteiger partial charge is 0.455 e. The Morgan fingerprint density at radius 2 is 1.96 bits per heavy atom. The zero-order valence-electron chi connectivity index (χ0n) is 13.4. The molecule has 0 spiro atoms. The minimum atomic E-state index is -3.07. The number of carbonyl (C=O) groups excluding carboxylic acids is 2. The number of hydrogen-bond acceptors (Lipinski definition) is 5. The molecule has 1 aliphatic rings. The number of amides is 1. The maximum atomic E-state index is 12.2. The Kier molecular flexibility index (Phi) is 6.40. The molecular weight excluding hydrogens is 398 g/mol. The van der Waals surface area contributed by atoms with Crippen molar-refractivity contribution in [1.82, 2.24) is 4.90 Å². The van der Waals surface area contributed by atoms with Crippen LogP contribution in [-0.4, -0.2) is 55.9 Å². The molecule has 2 rings (SSSR count). The third-order valence-corrected chi connectivity index (χ3v) is 6.21. The van der Waals surface area contributed by atoms with Crippen molar-refractivity contribution in [3.8, 4) is 0 Å². The van der Waals surface area contributed by atoms with Crippen LogP contribution in [0.5, 0.6) is 0 Å². The molecule has 8 heteroatoms. The summed E-state index contributed by atoms with van der Waals surface area (Å²) in [5, 5.41) is 0. The van der Waals surface area contributed by atoms with E-state index in [4.69, 9.17) is 4.74 Å². The smallest absolute Gasteiger partial charge is 0.310 e. The second-order valence-electron chi connectivity index (χ2n) is 5.70. The number of nitrogens with zero attached hydrogens (tertiary/aromatic N) is 1. The minimum Gasteiger partial charge on any atom is -0.455 e. The van der Waals surface area contributed by atoms with Gasteiger partial charge in [-0.1, -0.05) is 28.1 Å². The summed E-state index contributed by atoms with van der Waals surface area (Å²) < 4.78 is 29.1. The highest BCUT2D eigenvalue weighted by Crippen LogP contribution is 2.18. The Balaban J connectivity index is 1.84. The number of carbonyl (C=O) groups is 2. The lowest BCUT2D eigenvalue weighted by molar-refractivity contribution is -0.152. The van der Waals surface area contributed by atoms with Gasteiger partial charge in [-0.2, -0.15) is 0 Å². The Morgan fingerprint density at radius 1 is 1.29 bits per heavy atom. The van der Waals surface area contributed by atoms with Gasteiger partial charge in [-0.3, -0.25) is 9.59 Å². The Morgan fingerprint density at radius 3 is 2.50 bits per heavy atom. The highest BCUT2D eigenvalue weighted by atomic mass is 79.9. The molecule has 0 N–H and O–H groups in total. The summed E-state index contributed by atoms with van der Waals surface area (Å²) >= 11 is 3.32. The van der Waals surface area contributed by atoms with Crippen LogP contribution in [0.3, 0.4) is 0 Å². The Bertz CT molecular complexity index is 702. The predicted molar refractivity (Wildman–Crippen MR) is 93.3 cm³/mol. The maximum absolute atomic E-state index is 12.2. The van der Waals surface area contributed by atoms with Gasteiger partial charge < -0.3 is 9.64 Å². The summed E-state index contributed by atoms with van der Waals surface area (Å²) in [6.45, 7) is 1.82. The molecule has 1 saturated heterocycles. The lowest BCUT2D eigenvalue weighted by Crippen LogP contribution is -2.43. The van der Waals surface area contributed by atoms with Crippen LogP contribution < -0.4 is 0 Å². The standard InChI is InChI=1S/C16H20BrNO5S/c1-2-18(14-7-8-24(21,22)11-14)15(19)10-23-16(20)9-12-3-5-13(17)6-4-12/h3-6,14H,2,7-11H2,1H3/t14-/m1/s1. The average Bonchev–Trinajstić information content (AvgIpc) is 2.88. The molecule has 1 fully saturated rings. The first-order chi connectivity index (χ1) is 11.3. The number of benzene rings is 1. The van der Waals surface area contributed by atoms with Crippen LogP contribution in [-0.2, 0) is 30.6 Å². The molecule has 0 saturated carbocycles. The van der Waals surface area contributed by atoms with E-state index >= 15 is 0 Å². The van der Waals surface area contributed by atoms with Gasteiger partial charge in [-0.25, -0.2) is 8.42 Å². The van der Waals surface area contributed by atoms with Gasteiger partial charge in [0.2, 0.25) is 0 Å². The monoisotopic (exact) mass is 417 g/mol. The van der Waals surface area contributed by atoms with Crippen LogP contribution in [0.4, 0.5) is 0 Å². The molecule has 1 aromatic carbocycles. The summed E-state index contributed by atoms with van der Waals surface area (Å²) in [6.07, 6.45) is 0.527. The van der Waals surface area contributed by atoms with E-state index in [2.05, 4.69) is 15.9 Å². The van der Waals surface area contributed by atoms with E-state index < -0.39 is 15.8 Å². The fourth-order valence-electron chi connectivity index (χ4n) is 2.70. The minimum absolute atomic E-state index is 0.0145. The van der Waals surface area contributed by atoms with Gasteiger partial charge in [-0.05, 0) is 31.0 Å².